The van der Waals surface area contributed by atoms with Gasteiger partial charge in [0, 0.05) is 11.9 Å². The Morgan fingerprint density at radius 2 is 2.09 bits per heavy atom. The maximum atomic E-state index is 8.58. The van der Waals surface area contributed by atoms with E-state index in [0.29, 0.717) is 0 Å². The number of amides is 1. The Balaban J connectivity index is 0.000000292. The zero-order valence-electron chi connectivity index (χ0n) is 6.61. The molecule has 0 saturated heterocycles. The number of carbonyl (C=O) groups is 1. The first kappa shape index (κ1) is 9.55. The second kappa shape index (κ2) is 5.34. The van der Waals surface area contributed by atoms with Crippen LogP contribution >= 0.6 is 0 Å². The zero-order valence-corrected chi connectivity index (χ0v) is 6.61. The van der Waals surface area contributed by atoms with Gasteiger partial charge in [0.05, 0.1) is 0 Å². The molecular formula is C7H11N3O. The molecule has 4 nitrogen and oxygen atoms in total. The van der Waals surface area contributed by atoms with Crippen molar-refractivity contribution in [1.82, 2.24) is 9.97 Å². The summed E-state index contributed by atoms with van der Waals surface area (Å²) >= 11 is 0. The van der Waals surface area contributed by atoms with E-state index in [1.807, 2.05) is 19.9 Å². The van der Waals surface area contributed by atoms with Crippen molar-refractivity contribution in [1.29, 1.82) is 0 Å². The van der Waals surface area contributed by atoms with Gasteiger partial charge in [-0.25, -0.2) is 9.97 Å². The molecule has 1 heterocycles. The van der Waals surface area contributed by atoms with Gasteiger partial charge in [-0.2, -0.15) is 0 Å². The molecule has 0 bridgehead atoms. The molecule has 1 aromatic rings. The SMILES string of the molecule is Cc1ccnc(C)n1.NC=O. The van der Waals surface area contributed by atoms with Crippen molar-refractivity contribution < 1.29 is 4.79 Å². The molecule has 4 heteroatoms. The summed E-state index contributed by atoms with van der Waals surface area (Å²) in [6.45, 7) is 3.84. The quantitative estimate of drug-likeness (QED) is 0.541. The van der Waals surface area contributed by atoms with Gasteiger partial charge >= 0.3 is 0 Å². The first-order valence-corrected chi connectivity index (χ1v) is 3.12. The number of aryl methyl sites for hydroxylation is 2. The largest absolute Gasteiger partial charge is 0.372 e. The topological polar surface area (TPSA) is 68.9 Å². The van der Waals surface area contributed by atoms with Crippen LogP contribution in [0, 0.1) is 13.8 Å². The molecule has 1 aromatic heterocycles. The van der Waals surface area contributed by atoms with Gasteiger partial charge in [0.2, 0.25) is 6.41 Å². The number of nitrogens with two attached hydrogens (primary N) is 1. The fourth-order valence-electron chi connectivity index (χ4n) is 0.574. The van der Waals surface area contributed by atoms with Gasteiger partial charge in [-0.15, -0.1) is 0 Å². The van der Waals surface area contributed by atoms with Crippen molar-refractivity contribution in [3.8, 4) is 0 Å². The Morgan fingerprint density at radius 1 is 1.55 bits per heavy atom. The Morgan fingerprint density at radius 3 is 2.36 bits per heavy atom. The van der Waals surface area contributed by atoms with Crippen LogP contribution in [0.3, 0.4) is 0 Å². The van der Waals surface area contributed by atoms with Gasteiger partial charge in [0.15, 0.2) is 0 Å². The molecule has 0 atom stereocenters. The van der Waals surface area contributed by atoms with Gasteiger partial charge in [-0.3, -0.25) is 4.79 Å². The van der Waals surface area contributed by atoms with Crippen LogP contribution in [0.25, 0.3) is 0 Å². The Kier molecular flexibility index (Phi) is 4.64. The van der Waals surface area contributed by atoms with E-state index in [0.717, 1.165) is 11.5 Å². The molecule has 0 spiro atoms. The number of hydrogen-bond acceptors (Lipinski definition) is 3. The van der Waals surface area contributed by atoms with E-state index in [1.165, 1.54) is 0 Å². The lowest BCUT2D eigenvalue weighted by atomic mass is 10.4. The van der Waals surface area contributed by atoms with Gasteiger partial charge < -0.3 is 5.73 Å². The maximum Gasteiger partial charge on any atom is 0.204 e. The van der Waals surface area contributed by atoms with Crippen molar-refractivity contribution >= 4 is 6.41 Å². The monoisotopic (exact) mass is 153 g/mol. The summed E-state index contributed by atoms with van der Waals surface area (Å²) in [4.78, 5) is 16.6. The first-order valence-electron chi connectivity index (χ1n) is 3.12. The third-order valence-electron chi connectivity index (χ3n) is 0.915. The third-order valence-corrected chi connectivity index (χ3v) is 0.915. The lowest BCUT2D eigenvalue weighted by Crippen LogP contribution is -1.86. The van der Waals surface area contributed by atoms with Crippen LogP contribution in [0.2, 0.25) is 0 Å². The van der Waals surface area contributed by atoms with Crippen molar-refractivity contribution in [3.63, 3.8) is 0 Å². The average Bonchev–Trinajstić information content (AvgIpc) is 1.88. The second-order valence-electron chi connectivity index (χ2n) is 1.88. The predicted molar refractivity (Wildman–Crippen MR) is 41.8 cm³/mol. The van der Waals surface area contributed by atoms with Crippen LogP contribution < -0.4 is 5.73 Å². The Labute approximate surface area is 65.5 Å². The fourth-order valence-corrected chi connectivity index (χ4v) is 0.574. The van der Waals surface area contributed by atoms with Crippen LogP contribution in [-0.2, 0) is 4.79 Å². The summed E-state index contributed by atoms with van der Waals surface area (Å²) in [6, 6.07) is 1.88. The highest BCUT2D eigenvalue weighted by Crippen LogP contribution is 1.88. The molecule has 0 saturated carbocycles. The molecule has 0 aliphatic heterocycles. The summed E-state index contributed by atoms with van der Waals surface area (Å²) < 4.78 is 0. The van der Waals surface area contributed by atoms with Crippen LogP contribution in [0.1, 0.15) is 11.5 Å². The minimum Gasteiger partial charge on any atom is -0.372 e. The van der Waals surface area contributed by atoms with E-state index in [-0.39, 0.29) is 6.41 Å². The molecule has 0 aliphatic carbocycles. The fraction of sp³-hybridized carbons (Fsp3) is 0.286. The summed E-state index contributed by atoms with van der Waals surface area (Å²) in [6.07, 6.45) is 2.01. The summed E-state index contributed by atoms with van der Waals surface area (Å²) in [5, 5.41) is 0. The number of hydrogen-bond donors (Lipinski definition) is 1. The van der Waals surface area contributed by atoms with Crippen LogP contribution in [-0.4, -0.2) is 16.4 Å². The number of primary amides is 1. The molecule has 2 N–H and O–H groups in total. The second-order valence-corrected chi connectivity index (χ2v) is 1.88. The highest BCUT2D eigenvalue weighted by Gasteiger charge is 1.83. The van der Waals surface area contributed by atoms with Crippen molar-refractivity contribution in [2.45, 2.75) is 13.8 Å². The maximum absolute atomic E-state index is 8.58. The van der Waals surface area contributed by atoms with Crippen LogP contribution in [0.4, 0.5) is 0 Å². The molecule has 1 amide bonds. The Bertz CT molecular complexity index is 207. The molecule has 1 rings (SSSR count). The summed E-state index contributed by atoms with van der Waals surface area (Å²) in [7, 11) is 0. The third kappa shape index (κ3) is 5.02. The minimum absolute atomic E-state index is 0.250. The molecule has 0 radical (unpaired) electrons. The minimum atomic E-state index is 0.250. The smallest absolute Gasteiger partial charge is 0.204 e. The standard InChI is InChI=1S/C6H8N2.CH3NO/c1-5-3-4-7-6(2)8-5;2-1-3/h3-4H,1-2H3;1H,(H2,2,3). The normalized spacial score (nSPS) is 7.82. The molecule has 0 fully saturated rings. The van der Waals surface area contributed by atoms with Crippen LogP contribution in [0.15, 0.2) is 12.3 Å². The average molecular weight is 153 g/mol. The first-order chi connectivity index (χ1) is 5.20. The lowest BCUT2D eigenvalue weighted by Gasteiger charge is -1.89. The van der Waals surface area contributed by atoms with E-state index < -0.39 is 0 Å². The molecule has 0 aliphatic rings. The highest BCUT2D eigenvalue weighted by atomic mass is 16.1. The van der Waals surface area contributed by atoms with E-state index in [2.05, 4.69) is 15.7 Å². The highest BCUT2D eigenvalue weighted by molar-refractivity contribution is 5.42. The number of aromatic nitrogens is 2. The molecule has 11 heavy (non-hydrogen) atoms. The number of rotatable bonds is 0. The van der Waals surface area contributed by atoms with E-state index in [1.54, 1.807) is 6.20 Å². The molecular weight excluding hydrogens is 142 g/mol. The van der Waals surface area contributed by atoms with Gasteiger partial charge in [0.1, 0.15) is 5.82 Å². The van der Waals surface area contributed by atoms with Crippen molar-refractivity contribution in [2.75, 3.05) is 0 Å². The molecule has 0 unspecified atom stereocenters. The van der Waals surface area contributed by atoms with E-state index >= 15 is 0 Å². The number of carbonyl (C=O) groups excluding carboxylic acids is 1. The lowest BCUT2D eigenvalue weighted by molar-refractivity contribution is -0.106. The summed E-state index contributed by atoms with van der Waals surface area (Å²) in [5.74, 6) is 0.838. The van der Waals surface area contributed by atoms with Crippen molar-refractivity contribution in [3.05, 3.63) is 23.8 Å². The predicted octanol–water partition coefficient (Wildman–Crippen LogP) is 0.195. The van der Waals surface area contributed by atoms with Crippen LogP contribution in [0.5, 0.6) is 0 Å². The van der Waals surface area contributed by atoms with Gasteiger partial charge in [0.25, 0.3) is 0 Å². The van der Waals surface area contributed by atoms with Gasteiger partial charge in [-0.05, 0) is 19.9 Å². The molecule has 60 valence electrons. The van der Waals surface area contributed by atoms with E-state index in [9.17, 15) is 0 Å². The zero-order chi connectivity index (χ0) is 8.69. The molecule has 0 aromatic carbocycles. The van der Waals surface area contributed by atoms with E-state index in [4.69, 9.17) is 4.79 Å². The Hall–Kier alpha value is -1.45. The number of nitrogens with zero attached hydrogens (tertiary/aromatic N) is 2. The summed E-state index contributed by atoms with van der Waals surface area (Å²) in [5.41, 5.74) is 5.19. The van der Waals surface area contributed by atoms with Crippen molar-refractivity contribution in [2.24, 2.45) is 5.73 Å². The van der Waals surface area contributed by atoms with Gasteiger partial charge in [-0.1, -0.05) is 0 Å².